The SMILES string of the molecule is COC(=O)/C(=C/OC(O)C=C(C)C)C1CCc2ccccc21. The van der Waals surface area contributed by atoms with E-state index in [1.54, 1.807) is 6.08 Å². The number of allylic oxidation sites excluding steroid dienone is 1. The van der Waals surface area contributed by atoms with E-state index in [2.05, 4.69) is 6.07 Å². The highest BCUT2D eigenvalue weighted by Gasteiger charge is 2.30. The van der Waals surface area contributed by atoms with Gasteiger partial charge in [-0.1, -0.05) is 29.8 Å². The standard InChI is InChI=1S/C18H22O4/c1-12(2)10-17(19)22-11-16(18(20)21-3)15-9-8-13-6-4-5-7-14(13)15/h4-7,10-11,15,17,19H,8-9H2,1-3H3/b16-11+. The molecule has 2 rings (SSSR count). The molecule has 0 bridgehead atoms. The van der Waals surface area contributed by atoms with E-state index >= 15 is 0 Å². The smallest absolute Gasteiger partial charge is 0.337 e. The van der Waals surface area contributed by atoms with Crippen LogP contribution < -0.4 is 0 Å². The molecule has 0 fully saturated rings. The number of methoxy groups -OCH3 is 1. The highest BCUT2D eigenvalue weighted by Crippen LogP contribution is 2.38. The molecule has 0 radical (unpaired) electrons. The zero-order valence-corrected chi connectivity index (χ0v) is 13.2. The molecular formula is C18H22O4. The summed E-state index contributed by atoms with van der Waals surface area (Å²) >= 11 is 0. The summed E-state index contributed by atoms with van der Waals surface area (Å²) in [6, 6.07) is 8.06. The van der Waals surface area contributed by atoms with Crippen molar-refractivity contribution in [2.45, 2.75) is 38.9 Å². The van der Waals surface area contributed by atoms with Gasteiger partial charge in [0.15, 0.2) is 0 Å². The fraction of sp³-hybridized carbons (Fsp3) is 0.389. The molecule has 0 saturated heterocycles. The quantitative estimate of drug-likeness (QED) is 0.298. The summed E-state index contributed by atoms with van der Waals surface area (Å²) in [4.78, 5) is 12.1. The number of aryl methyl sites for hydroxylation is 1. The number of rotatable bonds is 5. The molecule has 4 heteroatoms. The maximum Gasteiger partial charge on any atom is 0.337 e. The number of aliphatic hydroxyl groups excluding tert-OH is 1. The van der Waals surface area contributed by atoms with Gasteiger partial charge >= 0.3 is 5.97 Å². The highest BCUT2D eigenvalue weighted by atomic mass is 16.6. The van der Waals surface area contributed by atoms with Crippen molar-refractivity contribution in [3.63, 3.8) is 0 Å². The van der Waals surface area contributed by atoms with Crippen LogP contribution in [0.15, 0.2) is 47.7 Å². The van der Waals surface area contributed by atoms with Crippen LogP contribution in [0.5, 0.6) is 0 Å². The van der Waals surface area contributed by atoms with Crippen LogP contribution in [-0.2, 0) is 20.7 Å². The summed E-state index contributed by atoms with van der Waals surface area (Å²) in [6.45, 7) is 3.73. The Morgan fingerprint density at radius 2 is 2.09 bits per heavy atom. The zero-order valence-electron chi connectivity index (χ0n) is 13.2. The molecule has 1 aliphatic rings. The molecule has 22 heavy (non-hydrogen) atoms. The van der Waals surface area contributed by atoms with Gasteiger partial charge in [0.05, 0.1) is 18.9 Å². The van der Waals surface area contributed by atoms with Crippen LogP contribution in [0.4, 0.5) is 0 Å². The highest BCUT2D eigenvalue weighted by molar-refractivity contribution is 5.90. The summed E-state index contributed by atoms with van der Waals surface area (Å²) in [5, 5.41) is 9.77. The second kappa shape index (κ2) is 7.27. The van der Waals surface area contributed by atoms with Crippen LogP contribution in [0.3, 0.4) is 0 Å². The maximum atomic E-state index is 12.1. The number of aliphatic hydroxyl groups is 1. The average Bonchev–Trinajstić information content (AvgIpc) is 2.90. The second-order valence-corrected chi connectivity index (χ2v) is 5.63. The van der Waals surface area contributed by atoms with Gasteiger partial charge in [-0.15, -0.1) is 0 Å². The molecule has 1 aromatic rings. The van der Waals surface area contributed by atoms with E-state index in [0.717, 1.165) is 24.0 Å². The number of benzene rings is 1. The minimum absolute atomic E-state index is 0.0532. The van der Waals surface area contributed by atoms with Crippen molar-refractivity contribution < 1.29 is 19.4 Å². The predicted molar refractivity (Wildman–Crippen MR) is 84.1 cm³/mol. The van der Waals surface area contributed by atoms with Crippen molar-refractivity contribution >= 4 is 5.97 Å². The van der Waals surface area contributed by atoms with E-state index in [-0.39, 0.29) is 5.92 Å². The van der Waals surface area contributed by atoms with Gasteiger partial charge in [0, 0.05) is 5.92 Å². The number of hydrogen-bond acceptors (Lipinski definition) is 4. The lowest BCUT2D eigenvalue weighted by molar-refractivity contribution is -0.136. The Bertz CT molecular complexity index is 597. The van der Waals surface area contributed by atoms with Gasteiger partial charge in [0.2, 0.25) is 6.29 Å². The molecule has 2 atom stereocenters. The Morgan fingerprint density at radius 3 is 2.77 bits per heavy atom. The molecule has 4 nitrogen and oxygen atoms in total. The molecule has 0 aliphatic heterocycles. The van der Waals surface area contributed by atoms with Crippen molar-refractivity contribution in [1.29, 1.82) is 0 Å². The first-order chi connectivity index (χ1) is 10.5. The lowest BCUT2D eigenvalue weighted by Crippen LogP contribution is -2.14. The molecule has 1 aromatic carbocycles. The first kappa shape index (κ1) is 16.3. The molecule has 1 aliphatic carbocycles. The van der Waals surface area contributed by atoms with Crippen molar-refractivity contribution in [1.82, 2.24) is 0 Å². The third kappa shape index (κ3) is 3.77. The summed E-state index contributed by atoms with van der Waals surface area (Å²) in [6.07, 6.45) is 3.60. The number of esters is 1. The molecular weight excluding hydrogens is 280 g/mol. The minimum atomic E-state index is -1.07. The Balaban J connectivity index is 2.25. The molecule has 0 heterocycles. The van der Waals surface area contributed by atoms with Crippen molar-refractivity contribution in [3.05, 3.63) is 58.9 Å². The Labute approximate surface area is 131 Å². The topological polar surface area (TPSA) is 55.8 Å². The summed E-state index contributed by atoms with van der Waals surface area (Å²) in [7, 11) is 1.35. The largest absolute Gasteiger partial charge is 0.468 e. The first-order valence-electron chi connectivity index (χ1n) is 7.37. The number of fused-ring (bicyclic) bond motifs is 1. The Kier molecular flexibility index (Phi) is 5.39. The lowest BCUT2D eigenvalue weighted by Gasteiger charge is -2.15. The molecule has 0 saturated carbocycles. The van der Waals surface area contributed by atoms with Gasteiger partial charge in [-0.2, -0.15) is 0 Å². The number of carbonyl (C=O) groups is 1. The third-order valence-electron chi connectivity index (χ3n) is 3.74. The fourth-order valence-corrected chi connectivity index (χ4v) is 2.74. The van der Waals surface area contributed by atoms with Crippen LogP contribution in [0.25, 0.3) is 0 Å². The van der Waals surface area contributed by atoms with Gasteiger partial charge in [-0.05, 0) is 43.9 Å². The monoisotopic (exact) mass is 302 g/mol. The Hall–Kier alpha value is -2.07. The number of hydrogen-bond donors (Lipinski definition) is 1. The molecule has 2 unspecified atom stereocenters. The molecule has 0 amide bonds. The van der Waals surface area contributed by atoms with E-state index in [4.69, 9.17) is 9.47 Å². The van der Waals surface area contributed by atoms with Crippen LogP contribution in [-0.4, -0.2) is 24.5 Å². The zero-order chi connectivity index (χ0) is 16.1. The minimum Gasteiger partial charge on any atom is -0.468 e. The predicted octanol–water partition coefficient (Wildman–Crippen LogP) is 3.07. The second-order valence-electron chi connectivity index (χ2n) is 5.63. The van der Waals surface area contributed by atoms with Gasteiger partial charge in [0.25, 0.3) is 0 Å². The Morgan fingerprint density at radius 1 is 1.36 bits per heavy atom. The van der Waals surface area contributed by atoms with Crippen molar-refractivity contribution in [2.75, 3.05) is 7.11 Å². The van der Waals surface area contributed by atoms with Crippen LogP contribution in [0, 0.1) is 0 Å². The summed E-state index contributed by atoms with van der Waals surface area (Å²) in [5.74, 6) is -0.478. The summed E-state index contributed by atoms with van der Waals surface area (Å²) in [5.41, 5.74) is 3.74. The van der Waals surface area contributed by atoms with Crippen molar-refractivity contribution in [2.24, 2.45) is 0 Å². The van der Waals surface area contributed by atoms with Gasteiger partial charge < -0.3 is 14.6 Å². The van der Waals surface area contributed by atoms with E-state index in [1.807, 2.05) is 32.0 Å². The first-order valence-corrected chi connectivity index (χ1v) is 7.37. The van der Waals surface area contributed by atoms with E-state index in [0.29, 0.717) is 5.57 Å². The van der Waals surface area contributed by atoms with Crippen LogP contribution in [0.2, 0.25) is 0 Å². The van der Waals surface area contributed by atoms with Gasteiger partial charge in [-0.3, -0.25) is 0 Å². The average molecular weight is 302 g/mol. The maximum absolute atomic E-state index is 12.1. The summed E-state index contributed by atoms with van der Waals surface area (Å²) < 4.78 is 10.2. The lowest BCUT2D eigenvalue weighted by atomic mass is 9.93. The van der Waals surface area contributed by atoms with Crippen LogP contribution >= 0.6 is 0 Å². The normalized spacial score (nSPS) is 18.4. The third-order valence-corrected chi connectivity index (χ3v) is 3.74. The molecule has 118 valence electrons. The van der Waals surface area contributed by atoms with Gasteiger partial charge in [0.1, 0.15) is 0 Å². The fourth-order valence-electron chi connectivity index (χ4n) is 2.74. The number of carbonyl (C=O) groups excluding carboxylic acids is 1. The number of ether oxygens (including phenoxy) is 2. The van der Waals surface area contributed by atoms with Crippen molar-refractivity contribution in [3.8, 4) is 0 Å². The van der Waals surface area contributed by atoms with E-state index in [1.165, 1.54) is 18.9 Å². The van der Waals surface area contributed by atoms with Gasteiger partial charge in [-0.25, -0.2) is 4.79 Å². The van der Waals surface area contributed by atoms with E-state index in [9.17, 15) is 9.90 Å². The van der Waals surface area contributed by atoms with E-state index < -0.39 is 12.3 Å². The molecule has 0 spiro atoms. The van der Waals surface area contributed by atoms with Crippen LogP contribution in [0.1, 0.15) is 37.3 Å². The molecule has 1 N–H and O–H groups in total. The molecule has 0 aromatic heterocycles.